The lowest BCUT2D eigenvalue weighted by Gasteiger charge is -2.19. The highest BCUT2D eigenvalue weighted by atomic mass is 32.1. The largest absolute Gasteiger partial charge is 0.492 e. The van der Waals surface area contributed by atoms with Crippen molar-refractivity contribution in [1.82, 2.24) is 14.5 Å². The summed E-state index contributed by atoms with van der Waals surface area (Å²) in [6, 6.07) is 15.8. The highest BCUT2D eigenvalue weighted by Gasteiger charge is 2.26. The summed E-state index contributed by atoms with van der Waals surface area (Å²) in [5.41, 5.74) is 3.01. The Bertz CT molecular complexity index is 1400. The zero-order valence-corrected chi connectivity index (χ0v) is 20.4. The van der Waals surface area contributed by atoms with Crippen molar-refractivity contribution in [3.8, 4) is 5.75 Å². The van der Waals surface area contributed by atoms with Crippen LogP contribution in [0.2, 0.25) is 0 Å². The summed E-state index contributed by atoms with van der Waals surface area (Å²) in [4.78, 5) is 33.7. The maximum absolute atomic E-state index is 13.0. The molecule has 0 aliphatic carbocycles. The molecule has 0 N–H and O–H groups in total. The van der Waals surface area contributed by atoms with Gasteiger partial charge in [0, 0.05) is 67.2 Å². The van der Waals surface area contributed by atoms with Crippen molar-refractivity contribution >= 4 is 28.2 Å². The van der Waals surface area contributed by atoms with Crippen molar-refractivity contribution in [2.24, 2.45) is 0 Å². The Labute approximate surface area is 207 Å². The molecule has 0 atom stereocenters. The zero-order valence-electron chi connectivity index (χ0n) is 19.6. The van der Waals surface area contributed by atoms with Crippen molar-refractivity contribution in [1.29, 1.82) is 0 Å². The van der Waals surface area contributed by atoms with E-state index >= 15 is 0 Å². The lowest BCUT2D eigenvalue weighted by atomic mass is 10.1. The van der Waals surface area contributed by atoms with Crippen LogP contribution >= 0.6 is 11.3 Å². The van der Waals surface area contributed by atoms with Gasteiger partial charge in [0.2, 0.25) is 0 Å². The van der Waals surface area contributed by atoms with E-state index in [9.17, 15) is 9.59 Å². The molecule has 0 saturated heterocycles. The average Bonchev–Trinajstić information content (AvgIpc) is 3.30. The molecule has 8 heteroatoms. The van der Waals surface area contributed by atoms with Gasteiger partial charge in [-0.2, -0.15) is 0 Å². The summed E-state index contributed by atoms with van der Waals surface area (Å²) in [5.74, 6) is -0.173. The molecule has 4 heterocycles. The smallest absolute Gasteiger partial charge is 0.343 e. The fraction of sp³-hybridized carbons (Fsp3) is 0.296. The third-order valence-electron chi connectivity index (χ3n) is 6.34. The van der Waals surface area contributed by atoms with Crippen molar-refractivity contribution in [2.75, 3.05) is 26.8 Å². The lowest BCUT2D eigenvalue weighted by molar-refractivity contribution is 0.0593. The molecule has 0 radical (unpaired) electrons. The molecule has 0 saturated carbocycles. The van der Waals surface area contributed by atoms with E-state index in [1.54, 1.807) is 22.1 Å². The Morgan fingerprint density at radius 3 is 2.86 bits per heavy atom. The molecule has 4 aromatic rings. The summed E-state index contributed by atoms with van der Waals surface area (Å²) >= 11 is 1.66. The molecule has 35 heavy (non-hydrogen) atoms. The fourth-order valence-corrected chi connectivity index (χ4v) is 5.26. The van der Waals surface area contributed by atoms with Crippen LogP contribution in [-0.4, -0.2) is 47.2 Å². The highest BCUT2D eigenvalue weighted by molar-refractivity contribution is 7.09. The first-order valence-corrected chi connectivity index (χ1v) is 12.6. The van der Waals surface area contributed by atoms with Gasteiger partial charge in [0.1, 0.15) is 11.3 Å². The SMILES string of the molecule is COC(=O)c1c(OCCc2cccs2)cc(=O)n2c1CCN(Cc1ccc3cccnc3c1)CC2. The first-order valence-electron chi connectivity index (χ1n) is 11.7. The lowest BCUT2D eigenvalue weighted by Crippen LogP contribution is -2.29. The number of thiophene rings is 1. The number of benzene rings is 1. The molecule has 5 rings (SSSR count). The number of ether oxygens (including phenoxy) is 2. The van der Waals surface area contributed by atoms with Gasteiger partial charge in [-0.15, -0.1) is 11.3 Å². The van der Waals surface area contributed by atoms with E-state index in [1.807, 2.05) is 23.6 Å². The van der Waals surface area contributed by atoms with E-state index < -0.39 is 5.97 Å². The second-order valence-corrected chi connectivity index (χ2v) is 9.58. The van der Waals surface area contributed by atoms with Crippen LogP contribution in [0.4, 0.5) is 0 Å². The molecular weight excluding hydrogens is 462 g/mol. The van der Waals surface area contributed by atoms with Crippen LogP contribution in [0.5, 0.6) is 5.75 Å². The van der Waals surface area contributed by atoms with Crippen molar-refractivity contribution in [3.05, 3.63) is 92.2 Å². The first-order chi connectivity index (χ1) is 17.1. The molecule has 0 amide bonds. The van der Waals surface area contributed by atoms with Crippen molar-refractivity contribution in [2.45, 2.75) is 25.9 Å². The van der Waals surface area contributed by atoms with E-state index in [4.69, 9.17) is 9.47 Å². The Morgan fingerprint density at radius 1 is 1.11 bits per heavy atom. The van der Waals surface area contributed by atoms with Crippen molar-refractivity contribution < 1.29 is 14.3 Å². The molecule has 7 nitrogen and oxygen atoms in total. The Morgan fingerprint density at radius 2 is 2.03 bits per heavy atom. The summed E-state index contributed by atoms with van der Waals surface area (Å²) in [6.45, 7) is 3.04. The number of methoxy groups -OCH3 is 1. The van der Waals surface area contributed by atoms with Gasteiger partial charge in [-0.3, -0.25) is 14.7 Å². The van der Waals surface area contributed by atoms with E-state index in [0.717, 1.165) is 17.4 Å². The number of fused-ring (bicyclic) bond motifs is 2. The number of esters is 1. The molecule has 1 aromatic carbocycles. The van der Waals surface area contributed by atoms with Crippen LogP contribution in [0.1, 0.15) is 26.5 Å². The Kier molecular flexibility index (Phi) is 6.92. The normalized spacial score (nSPS) is 13.9. The highest BCUT2D eigenvalue weighted by Crippen LogP contribution is 2.25. The molecule has 0 bridgehead atoms. The summed E-state index contributed by atoms with van der Waals surface area (Å²) in [7, 11) is 1.36. The van der Waals surface area contributed by atoms with E-state index in [1.165, 1.54) is 23.6 Å². The predicted molar refractivity (Wildman–Crippen MR) is 136 cm³/mol. The predicted octanol–water partition coefficient (Wildman–Crippen LogP) is 3.92. The summed E-state index contributed by atoms with van der Waals surface area (Å²) < 4.78 is 12.7. The first kappa shape index (κ1) is 23.3. The molecule has 1 aliphatic rings. The average molecular weight is 490 g/mol. The van der Waals surface area contributed by atoms with Gasteiger partial charge in [0.15, 0.2) is 0 Å². The number of rotatable bonds is 7. The van der Waals surface area contributed by atoms with Gasteiger partial charge in [-0.05, 0) is 29.1 Å². The minimum Gasteiger partial charge on any atom is -0.492 e. The van der Waals surface area contributed by atoms with Crippen LogP contribution in [0.15, 0.2) is 64.9 Å². The quantitative estimate of drug-likeness (QED) is 0.367. The van der Waals surface area contributed by atoms with Crippen LogP contribution in [-0.2, 0) is 30.7 Å². The molecular formula is C27H27N3O4S. The van der Waals surface area contributed by atoms with Crippen molar-refractivity contribution in [3.63, 3.8) is 0 Å². The van der Waals surface area contributed by atoms with Gasteiger partial charge in [-0.1, -0.05) is 24.3 Å². The van der Waals surface area contributed by atoms with E-state index in [-0.39, 0.29) is 5.56 Å². The van der Waals surface area contributed by atoms with Gasteiger partial charge < -0.3 is 14.0 Å². The van der Waals surface area contributed by atoms with Gasteiger partial charge in [0.05, 0.1) is 19.2 Å². The molecule has 1 aliphatic heterocycles. The second-order valence-electron chi connectivity index (χ2n) is 8.55. The summed E-state index contributed by atoms with van der Waals surface area (Å²) in [6.07, 6.45) is 3.06. The third kappa shape index (κ3) is 5.13. The monoisotopic (exact) mass is 489 g/mol. The summed E-state index contributed by atoms with van der Waals surface area (Å²) in [5, 5.41) is 3.13. The Balaban J connectivity index is 1.36. The molecule has 0 spiro atoms. The number of hydrogen-bond donors (Lipinski definition) is 0. The minimum atomic E-state index is -0.478. The molecule has 3 aromatic heterocycles. The minimum absolute atomic E-state index is 0.157. The van der Waals surface area contributed by atoms with Gasteiger partial charge >= 0.3 is 5.97 Å². The van der Waals surface area contributed by atoms with Gasteiger partial charge in [0.25, 0.3) is 5.56 Å². The topological polar surface area (TPSA) is 73.7 Å². The van der Waals surface area contributed by atoms with Crippen LogP contribution in [0, 0.1) is 0 Å². The van der Waals surface area contributed by atoms with Gasteiger partial charge in [-0.25, -0.2) is 4.79 Å². The van der Waals surface area contributed by atoms with Crippen LogP contribution < -0.4 is 10.3 Å². The molecule has 0 unspecified atom stereocenters. The third-order valence-corrected chi connectivity index (χ3v) is 7.27. The number of pyridine rings is 2. The zero-order chi connectivity index (χ0) is 24.2. The Hall–Kier alpha value is -3.49. The number of hydrogen-bond acceptors (Lipinski definition) is 7. The number of carbonyl (C=O) groups excluding carboxylic acids is 1. The standard InChI is InChI=1S/C27H27N3O4S/c1-33-27(32)26-23-8-11-29(18-19-6-7-20-4-2-10-28-22(20)16-19)12-13-30(23)25(31)17-24(26)34-14-9-21-5-3-15-35-21/h2-7,10,15-17H,8-9,11-14,18H2,1H3. The molecule has 180 valence electrons. The number of nitrogens with zero attached hydrogens (tertiary/aromatic N) is 3. The van der Waals surface area contributed by atoms with E-state index in [0.29, 0.717) is 56.1 Å². The molecule has 0 fully saturated rings. The maximum atomic E-state index is 13.0. The number of aromatic nitrogens is 2. The second kappa shape index (κ2) is 10.4. The maximum Gasteiger partial charge on any atom is 0.343 e. The fourth-order valence-electron chi connectivity index (χ4n) is 4.57. The number of carbonyl (C=O) groups is 1. The van der Waals surface area contributed by atoms with Crippen LogP contribution in [0.25, 0.3) is 10.9 Å². The van der Waals surface area contributed by atoms with Crippen LogP contribution in [0.3, 0.4) is 0 Å². The van der Waals surface area contributed by atoms with E-state index in [2.05, 4.69) is 34.1 Å².